The number of aliphatic imine (C=N–C) groups is 1. The van der Waals surface area contributed by atoms with Gasteiger partial charge in [-0.25, -0.2) is 4.79 Å². The molecule has 0 saturated carbocycles. The SMILES string of the molecule is CN=C(NCc1ccc(C(=O)OC)cc1)NC(C)COC. The molecule has 0 aliphatic carbocycles. The van der Waals surface area contributed by atoms with Crippen molar-refractivity contribution in [3.63, 3.8) is 0 Å². The summed E-state index contributed by atoms with van der Waals surface area (Å²) in [6, 6.07) is 7.41. The third-order valence-corrected chi connectivity index (χ3v) is 2.86. The number of nitrogens with one attached hydrogen (secondary N) is 2. The van der Waals surface area contributed by atoms with Gasteiger partial charge >= 0.3 is 5.97 Å². The van der Waals surface area contributed by atoms with E-state index in [-0.39, 0.29) is 12.0 Å². The summed E-state index contributed by atoms with van der Waals surface area (Å²) in [5, 5.41) is 6.42. The Kier molecular flexibility index (Phi) is 7.25. The zero-order chi connectivity index (χ0) is 15.7. The molecule has 2 N–H and O–H groups in total. The maximum absolute atomic E-state index is 11.3. The minimum atomic E-state index is -0.333. The van der Waals surface area contributed by atoms with Crippen molar-refractivity contribution in [1.82, 2.24) is 10.6 Å². The number of esters is 1. The fourth-order valence-electron chi connectivity index (χ4n) is 1.78. The summed E-state index contributed by atoms with van der Waals surface area (Å²) in [7, 11) is 4.75. The first-order valence-corrected chi connectivity index (χ1v) is 6.74. The van der Waals surface area contributed by atoms with Gasteiger partial charge in [0.25, 0.3) is 0 Å². The number of nitrogens with zero attached hydrogens (tertiary/aromatic N) is 1. The lowest BCUT2D eigenvalue weighted by molar-refractivity contribution is 0.0600. The van der Waals surface area contributed by atoms with Crippen LogP contribution in [-0.2, 0) is 16.0 Å². The minimum Gasteiger partial charge on any atom is -0.465 e. The van der Waals surface area contributed by atoms with Crippen LogP contribution in [0.3, 0.4) is 0 Å². The molecule has 116 valence electrons. The Hall–Kier alpha value is -2.08. The van der Waals surface area contributed by atoms with Gasteiger partial charge in [0.1, 0.15) is 0 Å². The van der Waals surface area contributed by atoms with Gasteiger partial charge in [-0.1, -0.05) is 12.1 Å². The normalized spacial score (nSPS) is 12.7. The first kappa shape index (κ1) is 17.0. The number of benzene rings is 1. The summed E-state index contributed by atoms with van der Waals surface area (Å²) < 4.78 is 9.73. The molecule has 0 aromatic heterocycles. The van der Waals surface area contributed by atoms with Crippen molar-refractivity contribution in [3.05, 3.63) is 35.4 Å². The average molecular weight is 293 g/mol. The van der Waals surface area contributed by atoms with Crippen LogP contribution in [0.1, 0.15) is 22.8 Å². The number of methoxy groups -OCH3 is 2. The smallest absolute Gasteiger partial charge is 0.337 e. The van der Waals surface area contributed by atoms with Crippen LogP contribution in [0.4, 0.5) is 0 Å². The van der Waals surface area contributed by atoms with E-state index in [1.807, 2.05) is 19.1 Å². The van der Waals surface area contributed by atoms with Crippen molar-refractivity contribution in [2.75, 3.05) is 27.9 Å². The van der Waals surface area contributed by atoms with Crippen molar-refractivity contribution in [2.24, 2.45) is 4.99 Å². The summed E-state index contributed by atoms with van der Waals surface area (Å²) >= 11 is 0. The Morgan fingerprint density at radius 2 is 1.95 bits per heavy atom. The molecular formula is C15H23N3O3. The minimum absolute atomic E-state index is 0.169. The summed E-state index contributed by atoms with van der Waals surface area (Å²) in [6.07, 6.45) is 0. The van der Waals surface area contributed by atoms with Crippen molar-refractivity contribution < 1.29 is 14.3 Å². The molecule has 1 atom stereocenters. The lowest BCUT2D eigenvalue weighted by Crippen LogP contribution is -2.43. The third kappa shape index (κ3) is 5.83. The Morgan fingerprint density at radius 1 is 1.29 bits per heavy atom. The molecule has 6 nitrogen and oxygen atoms in total. The van der Waals surface area contributed by atoms with E-state index in [1.165, 1.54) is 7.11 Å². The van der Waals surface area contributed by atoms with E-state index in [4.69, 9.17) is 4.74 Å². The Bertz CT molecular complexity index is 472. The highest BCUT2D eigenvalue weighted by Gasteiger charge is 2.06. The van der Waals surface area contributed by atoms with Crippen LogP contribution in [0.25, 0.3) is 0 Å². The fourth-order valence-corrected chi connectivity index (χ4v) is 1.78. The number of hydrogen-bond donors (Lipinski definition) is 2. The van der Waals surface area contributed by atoms with Gasteiger partial charge in [0, 0.05) is 26.7 Å². The van der Waals surface area contributed by atoms with Crippen LogP contribution in [0, 0.1) is 0 Å². The van der Waals surface area contributed by atoms with Crippen molar-refractivity contribution >= 4 is 11.9 Å². The molecule has 1 rings (SSSR count). The average Bonchev–Trinajstić information content (AvgIpc) is 2.51. The maximum Gasteiger partial charge on any atom is 0.337 e. The Balaban J connectivity index is 2.51. The maximum atomic E-state index is 11.3. The van der Waals surface area contributed by atoms with Crippen LogP contribution in [0.5, 0.6) is 0 Å². The topological polar surface area (TPSA) is 72.0 Å². The zero-order valence-corrected chi connectivity index (χ0v) is 13.0. The van der Waals surface area contributed by atoms with Gasteiger partial charge in [-0.05, 0) is 24.6 Å². The summed E-state index contributed by atoms with van der Waals surface area (Å²) in [5.74, 6) is 0.372. The van der Waals surface area contributed by atoms with E-state index in [0.29, 0.717) is 24.7 Å². The molecule has 0 bridgehead atoms. The largest absolute Gasteiger partial charge is 0.465 e. The molecule has 0 fully saturated rings. The summed E-state index contributed by atoms with van der Waals surface area (Å²) in [4.78, 5) is 15.5. The van der Waals surface area contributed by atoms with Gasteiger partial charge in [0.15, 0.2) is 5.96 Å². The van der Waals surface area contributed by atoms with Crippen LogP contribution >= 0.6 is 0 Å². The fraction of sp³-hybridized carbons (Fsp3) is 0.467. The van der Waals surface area contributed by atoms with Gasteiger partial charge < -0.3 is 20.1 Å². The Labute approximate surface area is 125 Å². The molecule has 1 unspecified atom stereocenters. The molecule has 0 spiro atoms. The van der Waals surface area contributed by atoms with Gasteiger partial charge in [-0.2, -0.15) is 0 Å². The van der Waals surface area contributed by atoms with Crippen LogP contribution < -0.4 is 10.6 Å². The molecule has 0 heterocycles. The van der Waals surface area contributed by atoms with Gasteiger partial charge in [0.05, 0.1) is 19.3 Å². The lowest BCUT2D eigenvalue weighted by atomic mass is 10.1. The first-order valence-electron chi connectivity index (χ1n) is 6.74. The van der Waals surface area contributed by atoms with Gasteiger partial charge in [-0.15, -0.1) is 0 Å². The van der Waals surface area contributed by atoms with E-state index < -0.39 is 0 Å². The van der Waals surface area contributed by atoms with Gasteiger partial charge in [-0.3, -0.25) is 4.99 Å². The van der Waals surface area contributed by atoms with Gasteiger partial charge in [0.2, 0.25) is 0 Å². The van der Waals surface area contributed by atoms with E-state index in [9.17, 15) is 4.79 Å². The predicted molar refractivity (Wildman–Crippen MR) is 82.5 cm³/mol. The highest BCUT2D eigenvalue weighted by Crippen LogP contribution is 2.05. The number of carbonyl (C=O) groups is 1. The van der Waals surface area contributed by atoms with Crippen molar-refractivity contribution in [3.8, 4) is 0 Å². The number of rotatable bonds is 6. The molecule has 21 heavy (non-hydrogen) atoms. The summed E-state index contributed by atoms with van der Waals surface area (Å²) in [5.41, 5.74) is 1.59. The highest BCUT2D eigenvalue weighted by molar-refractivity contribution is 5.89. The second kappa shape index (κ2) is 8.97. The molecule has 0 aliphatic heterocycles. The van der Waals surface area contributed by atoms with E-state index in [0.717, 1.165) is 5.56 Å². The van der Waals surface area contributed by atoms with E-state index in [2.05, 4.69) is 20.4 Å². The molecule has 0 amide bonds. The third-order valence-electron chi connectivity index (χ3n) is 2.86. The number of guanidine groups is 1. The first-order chi connectivity index (χ1) is 10.1. The van der Waals surface area contributed by atoms with E-state index in [1.54, 1.807) is 26.3 Å². The van der Waals surface area contributed by atoms with Crippen LogP contribution in [-0.4, -0.2) is 45.8 Å². The lowest BCUT2D eigenvalue weighted by Gasteiger charge is -2.17. The Morgan fingerprint density at radius 3 is 2.48 bits per heavy atom. The predicted octanol–water partition coefficient (Wildman–Crippen LogP) is 1.17. The quantitative estimate of drug-likeness (QED) is 0.468. The highest BCUT2D eigenvalue weighted by atomic mass is 16.5. The summed E-state index contributed by atoms with van der Waals surface area (Å²) in [6.45, 7) is 3.23. The van der Waals surface area contributed by atoms with Crippen molar-refractivity contribution in [2.45, 2.75) is 19.5 Å². The monoisotopic (exact) mass is 293 g/mol. The number of hydrogen-bond acceptors (Lipinski definition) is 4. The van der Waals surface area contributed by atoms with Crippen LogP contribution in [0.15, 0.2) is 29.3 Å². The van der Waals surface area contributed by atoms with Crippen LogP contribution in [0.2, 0.25) is 0 Å². The standard InChI is InChI=1S/C15H23N3O3/c1-11(10-20-3)18-15(16-2)17-9-12-5-7-13(8-6-12)14(19)21-4/h5-8,11H,9-10H2,1-4H3,(H2,16,17,18). The second-order valence-corrected chi connectivity index (χ2v) is 4.61. The number of carbonyl (C=O) groups excluding carboxylic acids is 1. The molecule has 1 aromatic carbocycles. The molecule has 0 radical (unpaired) electrons. The second-order valence-electron chi connectivity index (χ2n) is 4.61. The zero-order valence-electron chi connectivity index (χ0n) is 13.0. The molecule has 0 saturated heterocycles. The van der Waals surface area contributed by atoms with E-state index >= 15 is 0 Å². The number of ether oxygens (including phenoxy) is 2. The molecule has 6 heteroatoms. The molecule has 1 aromatic rings. The van der Waals surface area contributed by atoms with Crippen molar-refractivity contribution in [1.29, 1.82) is 0 Å². The molecule has 0 aliphatic rings. The molecular weight excluding hydrogens is 270 g/mol.